The largest absolute Gasteiger partial charge is 0.443 e. The van der Waals surface area contributed by atoms with Gasteiger partial charge in [-0.3, -0.25) is 9.69 Å². The molecule has 0 saturated heterocycles. The Morgan fingerprint density at radius 3 is 2.33 bits per heavy atom. The van der Waals surface area contributed by atoms with Crippen molar-refractivity contribution in [3.05, 3.63) is 11.8 Å². The molecule has 0 aliphatic carbocycles. The Bertz CT molecular complexity index is 393. The van der Waals surface area contributed by atoms with Gasteiger partial charge in [-0.05, 0) is 20.8 Å². The summed E-state index contributed by atoms with van der Waals surface area (Å²) in [6, 6.07) is 0. The van der Waals surface area contributed by atoms with E-state index in [4.69, 9.17) is 4.74 Å². The molecule has 0 aromatic carbocycles. The van der Waals surface area contributed by atoms with Gasteiger partial charge in [-0.1, -0.05) is 0 Å². The summed E-state index contributed by atoms with van der Waals surface area (Å²) in [5, 5.41) is 0. The van der Waals surface area contributed by atoms with Crippen LogP contribution in [0, 0.1) is 0 Å². The number of alkyl halides is 3. The van der Waals surface area contributed by atoms with Gasteiger partial charge in [-0.2, -0.15) is 13.2 Å². The molecule has 1 aliphatic heterocycles. The van der Waals surface area contributed by atoms with Crippen LogP contribution in [0.25, 0.3) is 0 Å². The monoisotopic (exact) mass is 265 g/mol. The van der Waals surface area contributed by atoms with E-state index in [-0.39, 0.29) is 13.0 Å². The minimum atomic E-state index is -4.75. The van der Waals surface area contributed by atoms with Crippen molar-refractivity contribution in [1.29, 1.82) is 0 Å². The second-order valence-corrected chi connectivity index (χ2v) is 4.89. The Morgan fingerprint density at radius 1 is 1.33 bits per heavy atom. The molecule has 0 saturated carbocycles. The van der Waals surface area contributed by atoms with E-state index < -0.39 is 29.2 Å². The van der Waals surface area contributed by atoms with Gasteiger partial charge in [-0.15, -0.1) is 0 Å². The van der Waals surface area contributed by atoms with E-state index in [1.54, 1.807) is 20.8 Å². The third-order valence-electron chi connectivity index (χ3n) is 2.10. The Morgan fingerprint density at radius 2 is 1.89 bits per heavy atom. The number of carbonyl (C=O) groups is 2. The number of allylic oxidation sites excluding steroid dienone is 1. The number of hydrogen-bond acceptors (Lipinski definition) is 3. The number of rotatable bonds is 0. The molecule has 1 heterocycles. The molecular weight excluding hydrogens is 251 g/mol. The number of hydrogen-bond donors (Lipinski definition) is 0. The molecule has 0 atom stereocenters. The summed E-state index contributed by atoms with van der Waals surface area (Å²) in [6.07, 6.45) is -5.49. The topological polar surface area (TPSA) is 46.6 Å². The van der Waals surface area contributed by atoms with E-state index in [2.05, 4.69) is 0 Å². The number of amides is 1. The van der Waals surface area contributed by atoms with E-state index in [9.17, 15) is 22.8 Å². The molecule has 0 unspecified atom stereocenters. The predicted octanol–water partition coefficient (Wildman–Crippen LogP) is 2.64. The molecule has 0 fully saturated rings. The fourth-order valence-electron chi connectivity index (χ4n) is 1.34. The van der Waals surface area contributed by atoms with Gasteiger partial charge in [0.05, 0.1) is 0 Å². The van der Waals surface area contributed by atoms with Crippen LogP contribution in [0.15, 0.2) is 11.8 Å². The van der Waals surface area contributed by atoms with Crippen LogP contribution in [-0.4, -0.2) is 35.1 Å². The van der Waals surface area contributed by atoms with Crippen LogP contribution in [0.4, 0.5) is 18.0 Å². The lowest BCUT2D eigenvalue weighted by molar-refractivity contribution is -0.130. The van der Waals surface area contributed by atoms with Crippen LogP contribution in [-0.2, 0) is 9.53 Å². The summed E-state index contributed by atoms with van der Waals surface area (Å²) < 4.78 is 42.4. The Kier molecular flexibility index (Phi) is 3.73. The van der Waals surface area contributed by atoms with Crippen LogP contribution in [0.5, 0.6) is 0 Å². The van der Waals surface area contributed by atoms with E-state index in [0.717, 1.165) is 4.90 Å². The van der Waals surface area contributed by atoms with Crippen molar-refractivity contribution >= 4 is 11.9 Å². The predicted molar refractivity (Wildman–Crippen MR) is 56.7 cm³/mol. The molecule has 0 aromatic heterocycles. The van der Waals surface area contributed by atoms with E-state index in [1.165, 1.54) is 0 Å². The lowest BCUT2D eigenvalue weighted by Gasteiger charge is -2.28. The summed E-state index contributed by atoms with van der Waals surface area (Å²) in [7, 11) is 0. The van der Waals surface area contributed by atoms with Crippen LogP contribution in [0.3, 0.4) is 0 Å². The first kappa shape index (κ1) is 14.5. The average Bonchev–Trinajstić information content (AvgIpc) is 2.13. The fourth-order valence-corrected chi connectivity index (χ4v) is 1.34. The number of halogens is 3. The van der Waals surface area contributed by atoms with Gasteiger partial charge < -0.3 is 4.74 Å². The smallest absolute Gasteiger partial charge is 0.421 e. The van der Waals surface area contributed by atoms with Gasteiger partial charge in [0.2, 0.25) is 0 Å². The standard InChI is InChI=1S/C11H14F3NO3/c1-10(2,3)18-9(17)15-5-4-8(16)7(6-15)11(12,13)14/h6H,4-5H2,1-3H3. The van der Waals surface area contributed by atoms with Gasteiger partial charge in [0, 0.05) is 19.2 Å². The Balaban J connectivity index is 2.90. The molecular formula is C11H14F3NO3. The van der Waals surface area contributed by atoms with E-state index in [1.807, 2.05) is 0 Å². The molecule has 18 heavy (non-hydrogen) atoms. The molecule has 0 bridgehead atoms. The highest BCUT2D eigenvalue weighted by Crippen LogP contribution is 2.30. The minimum Gasteiger partial charge on any atom is -0.443 e. The van der Waals surface area contributed by atoms with Crippen molar-refractivity contribution in [3.63, 3.8) is 0 Å². The summed E-state index contributed by atoms with van der Waals surface area (Å²) >= 11 is 0. The number of nitrogens with zero attached hydrogens (tertiary/aromatic N) is 1. The number of ether oxygens (including phenoxy) is 1. The molecule has 1 rings (SSSR count). The quantitative estimate of drug-likeness (QED) is 0.676. The van der Waals surface area contributed by atoms with Crippen molar-refractivity contribution in [3.8, 4) is 0 Å². The maximum Gasteiger partial charge on any atom is 0.421 e. The Hall–Kier alpha value is -1.53. The zero-order chi connectivity index (χ0) is 14.1. The van der Waals surface area contributed by atoms with Crippen LogP contribution >= 0.6 is 0 Å². The molecule has 7 heteroatoms. The zero-order valence-corrected chi connectivity index (χ0v) is 10.3. The molecule has 0 N–H and O–H groups in total. The molecule has 0 radical (unpaired) electrons. The minimum absolute atomic E-state index is 0.104. The Labute approximate surface area is 102 Å². The van der Waals surface area contributed by atoms with Crippen molar-refractivity contribution in [1.82, 2.24) is 4.90 Å². The molecule has 1 aliphatic rings. The summed E-state index contributed by atoms with van der Waals surface area (Å²) in [5.74, 6) is -1.01. The number of ketones is 1. The molecule has 4 nitrogen and oxygen atoms in total. The normalized spacial score (nSPS) is 17.6. The average molecular weight is 265 g/mol. The number of carbonyl (C=O) groups excluding carboxylic acids is 2. The maximum absolute atomic E-state index is 12.5. The summed E-state index contributed by atoms with van der Waals surface area (Å²) in [5.41, 5.74) is -2.12. The van der Waals surface area contributed by atoms with Gasteiger partial charge in [-0.25, -0.2) is 4.79 Å². The van der Waals surface area contributed by atoms with Crippen LogP contribution in [0.1, 0.15) is 27.2 Å². The molecule has 0 spiro atoms. The van der Waals surface area contributed by atoms with Crippen molar-refractivity contribution in [2.75, 3.05) is 6.54 Å². The van der Waals surface area contributed by atoms with Crippen LogP contribution < -0.4 is 0 Å². The summed E-state index contributed by atoms with van der Waals surface area (Å²) in [4.78, 5) is 23.5. The highest BCUT2D eigenvalue weighted by molar-refractivity contribution is 5.98. The maximum atomic E-state index is 12.5. The highest BCUT2D eigenvalue weighted by Gasteiger charge is 2.41. The van der Waals surface area contributed by atoms with E-state index >= 15 is 0 Å². The third-order valence-corrected chi connectivity index (χ3v) is 2.10. The third kappa shape index (κ3) is 3.75. The van der Waals surface area contributed by atoms with Gasteiger partial charge in [0.1, 0.15) is 11.2 Å². The first-order valence-corrected chi connectivity index (χ1v) is 5.32. The fraction of sp³-hybridized carbons (Fsp3) is 0.636. The SMILES string of the molecule is CC(C)(C)OC(=O)N1C=C(C(F)(F)F)C(=O)CC1. The van der Waals surface area contributed by atoms with E-state index in [0.29, 0.717) is 6.20 Å². The lowest BCUT2D eigenvalue weighted by Crippen LogP contribution is -2.39. The molecule has 102 valence electrons. The first-order chi connectivity index (χ1) is 8.00. The number of Topliss-reactive ketones (excluding diaryl/α,β-unsaturated/α-hetero) is 1. The second-order valence-electron chi connectivity index (χ2n) is 4.89. The van der Waals surface area contributed by atoms with Crippen molar-refractivity contribution in [2.45, 2.75) is 39.0 Å². The second kappa shape index (κ2) is 4.62. The lowest BCUT2D eigenvalue weighted by atomic mass is 10.1. The first-order valence-electron chi connectivity index (χ1n) is 5.32. The van der Waals surface area contributed by atoms with Crippen LogP contribution in [0.2, 0.25) is 0 Å². The van der Waals surface area contributed by atoms with Crippen molar-refractivity contribution < 1.29 is 27.5 Å². The van der Waals surface area contributed by atoms with Crippen molar-refractivity contribution in [2.24, 2.45) is 0 Å². The molecule has 1 amide bonds. The zero-order valence-electron chi connectivity index (χ0n) is 10.3. The van der Waals surface area contributed by atoms with Gasteiger partial charge >= 0.3 is 12.3 Å². The molecule has 0 aromatic rings. The van der Waals surface area contributed by atoms with Gasteiger partial charge in [0.15, 0.2) is 5.78 Å². The highest BCUT2D eigenvalue weighted by atomic mass is 19.4. The van der Waals surface area contributed by atoms with Gasteiger partial charge in [0.25, 0.3) is 0 Å². The summed E-state index contributed by atoms with van der Waals surface area (Å²) in [6.45, 7) is 4.71.